The van der Waals surface area contributed by atoms with Crippen molar-refractivity contribution in [1.82, 2.24) is 4.90 Å². The molecular formula is C15H20ClF3N4O3. The summed E-state index contributed by atoms with van der Waals surface area (Å²) in [5, 5.41) is 13.7. The fraction of sp³-hybridized carbons (Fsp3) is 0.533. The summed E-state index contributed by atoms with van der Waals surface area (Å²) in [7, 11) is 0. The van der Waals surface area contributed by atoms with Gasteiger partial charge in [-0.15, -0.1) is 12.4 Å². The van der Waals surface area contributed by atoms with E-state index in [0.717, 1.165) is 18.6 Å². The van der Waals surface area contributed by atoms with E-state index in [2.05, 4.69) is 5.32 Å². The third-order valence-corrected chi connectivity index (χ3v) is 4.15. The topological polar surface area (TPSA) is 102 Å². The van der Waals surface area contributed by atoms with Gasteiger partial charge in [0, 0.05) is 32.1 Å². The fourth-order valence-electron chi connectivity index (χ4n) is 2.72. The second-order valence-corrected chi connectivity index (χ2v) is 5.89. The SMILES string of the molecule is Cl.NCC1CCN(C(=O)CCNc2ccc(C(F)(F)F)cc2[N+](=O)[O-])C1. The molecular weight excluding hydrogens is 377 g/mol. The zero-order chi connectivity index (χ0) is 18.6. The molecule has 1 aliphatic rings. The summed E-state index contributed by atoms with van der Waals surface area (Å²) in [6.07, 6.45) is -3.72. The van der Waals surface area contributed by atoms with E-state index in [1.807, 2.05) is 0 Å². The minimum Gasteiger partial charge on any atom is -0.379 e. The number of nitrogens with zero attached hydrogens (tertiary/aromatic N) is 2. The van der Waals surface area contributed by atoms with Crippen LogP contribution in [0.15, 0.2) is 18.2 Å². The first-order valence-corrected chi connectivity index (χ1v) is 7.79. The van der Waals surface area contributed by atoms with Crippen molar-refractivity contribution in [2.24, 2.45) is 11.7 Å². The molecule has 0 saturated carbocycles. The van der Waals surface area contributed by atoms with E-state index in [1.54, 1.807) is 4.90 Å². The van der Waals surface area contributed by atoms with Crippen molar-refractivity contribution in [1.29, 1.82) is 0 Å². The molecule has 1 unspecified atom stereocenters. The van der Waals surface area contributed by atoms with Crippen LogP contribution in [-0.2, 0) is 11.0 Å². The Morgan fingerprint density at radius 2 is 2.12 bits per heavy atom. The molecule has 1 aromatic rings. The normalized spacial score (nSPS) is 16.9. The number of benzene rings is 1. The van der Waals surface area contributed by atoms with Gasteiger partial charge in [0.15, 0.2) is 0 Å². The highest BCUT2D eigenvalue weighted by molar-refractivity contribution is 5.85. The molecule has 0 bridgehead atoms. The number of amides is 1. The molecule has 1 aromatic carbocycles. The van der Waals surface area contributed by atoms with Crippen molar-refractivity contribution >= 4 is 29.7 Å². The Hall–Kier alpha value is -2.07. The average Bonchev–Trinajstić information content (AvgIpc) is 3.03. The second-order valence-electron chi connectivity index (χ2n) is 5.89. The molecule has 2 rings (SSSR count). The van der Waals surface area contributed by atoms with Crippen molar-refractivity contribution in [3.05, 3.63) is 33.9 Å². The van der Waals surface area contributed by atoms with Gasteiger partial charge in [-0.1, -0.05) is 0 Å². The highest BCUT2D eigenvalue weighted by atomic mass is 35.5. The molecule has 146 valence electrons. The lowest BCUT2D eigenvalue weighted by atomic mass is 10.1. The zero-order valence-corrected chi connectivity index (χ0v) is 14.6. The van der Waals surface area contributed by atoms with Gasteiger partial charge in [-0.2, -0.15) is 13.2 Å². The molecule has 26 heavy (non-hydrogen) atoms. The minimum atomic E-state index is -4.66. The number of carbonyl (C=O) groups is 1. The predicted molar refractivity (Wildman–Crippen MR) is 92.2 cm³/mol. The first kappa shape index (κ1) is 22.0. The molecule has 1 heterocycles. The molecule has 3 N–H and O–H groups in total. The Morgan fingerprint density at radius 1 is 1.42 bits per heavy atom. The summed E-state index contributed by atoms with van der Waals surface area (Å²) in [5.74, 6) is 0.172. The number of halogens is 4. The Balaban J connectivity index is 0.00000338. The van der Waals surface area contributed by atoms with Gasteiger partial charge in [-0.05, 0) is 31.0 Å². The van der Waals surface area contributed by atoms with Crippen LogP contribution in [0.25, 0.3) is 0 Å². The quantitative estimate of drug-likeness (QED) is 0.568. The third kappa shape index (κ3) is 5.46. The van der Waals surface area contributed by atoms with Gasteiger partial charge in [0.1, 0.15) is 5.69 Å². The third-order valence-electron chi connectivity index (χ3n) is 4.15. The minimum absolute atomic E-state index is 0. The van der Waals surface area contributed by atoms with E-state index in [4.69, 9.17) is 5.73 Å². The van der Waals surface area contributed by atoms with E-state index in [-0.39, 0.29) is 42.9 Å². The lowest BCUT2D eigenvalue weighted by Crippen LogP contribution is -2.31. The Bertz CT molecular complexity index is 658. The number of anilines is 1. The van der Waals surface area contributed by atoms with Gasteiger partial charge in [0.2, 0.25) is 5.91 Å². The van der Waals surface area contributed by atoms with E-state index in [1.165, 1.54) is 0 Å². The maximum atomic E-state index is 12.7. The Kier molecular flexibility index (Phi) is 7.64. The number of likely N-dealkylation sites (tertiary alicyclic amines) is 1. The molecule has 1 amide bonds. The molecule has 0 aliphatic carbocycles. The van der Waals surface area contributed by atoms with Crippen LogP contribution in [0, 0.1) is 16.0 Å². The van der Waals surface area contributed by atoms with Gasteiger partial charge < -0.3 is 16.0 Å². The number of alkyl halides is 3. The van der Waals surface area contributed by atoms with Crippen LogP contribution in [0.1, 0.15) is 18.4 Å². The van der Waals surface area contributed by atoms with Crippen LogP contribution in [-0.4, -0.2) is 41.9 Å². The summed E-state index contributed by atoms with van der Waals surface area (Å²) in [4.78, 5) is 23.8. The number of hydrogen-bond acceptors (Lipinski definition) is 5. The summed E-state index contributed by atoms with van der Waals surface area (Å²) < 4.78 is 38.0. The number of nitrogens with one attached hydrogen (secondary N) is 1. The van der Waals surface area contributed by atoms with Crippen LogP contribution >= 0.6 is 12.4 Å². The largest absolute Gasteiger partial charge is 0.416 e. The van der Waals surface area contributed by atoms with Gasteiger partial charge in [0.25, 0.3) is 5.69 Å². The van der Waals surface area contributed by atoms with Crippen molar-refractivity contribution in [3.8, 4) is 0 Å². The van der Waals surface area contributed by atoms with Crippen LogP contribution in [0.3, 0.4) is 0 Å². The molecule has 0 radical (unpaired) electrons. The van der Waals surface area contributed by atoms with E-state index < -0.39 is 22.4 Å². The Morgan fingerprint density at radius 3 is 2.65 bits per heavy atom. The maximum Gasteiger partial charge on any atom is 0.416 e. The monoisotopic (exact) mass is 396 g/mol. The second kappa shape index (κ2) is 9.04. The maximum absolute atomic E-state index is 12.7. The Labute approximate surface area is 154 Å². The molecule has 1 saturated heterocycles. The molecule has 7 nitrogen and oxygen atoms in total. The van der Waals surface area contributed by atoms with Crippen molar-refractivity contribution in [2.45, 2.75) is 19.0 Å². The molecule has 0 spiro atoms. The smallest absolute Gasteiger partial charge is 0.379 e. The van der Waals surface area contributed by atoms with Crippen LogP contribution in [0.5, 0.6) is 0 Å². The first-order chi connectivity index (χ1) is 11.7. The highest BCUT2D eigenvalue weighted by Crippen LogP contribution is 2.34. The highest BCUT2D eigenvalue weighted by Gasteiger charge is 2.33. The van der Waals surface area contributed by atoms with Gasteiger partial charge in [0.05, 0.1) is 10.5 Å². The van der Waals surface area contributed by atoms with Crippen molar-refractivity contribution in [3.63, 3.8) is 0 Å². The first-order valence-electron chi connectivity index (χ1n) is 7.79. The number of rotatable bonds is 6. The van der Waals surface area contributed by atoms with E-state index in [0.29, 0.717) is 25.7 Å². The standard InChI is InChI=1S/C15H19F3N4O3.ClH/c16-15(17,18)11-1-2-12(13(7-11)22(24)25)20-5-3-14(23)21-6-4-10(8-19)9-21;/h1-2,7,10,20H,3-6,8-9,19H2;1H. The molecule has 1 fully saturated rings. The van der Waals surface area contributed by atoms with Gasteiger partial charge in [-0.25, -0.2) is 0 Å². The summed E-state index contributed by atoms with van der Waals surface area (Å²) in [6.45, 7) is 1.82. The molecule has 1 atom stereocenters. The number of nitro benzene ring substituents is 1. The fourth-order valence-corrected chi connectivity index (χ4v) is 2.72. The van der Waals surface area contributed by atoms with Crippen LogP contribution in [0.2, 0.25) is 0 Å². The lowest BCUT2D eigenvalue weighted by molar-refractivity contribution is -0.384. The van der Waals surface area contributed by atoms with Gasteiger partial charge in [-0.3, -0.25) is 14.9 Å². The van der Waals surface area contributed by atoms with Crippen molar-refractivity contribution in [2.75, 3.05) is 31.5 Å². The number of carbonyl (C=O) groups excluding carboxylic acids is 1. The van der Waals surface area contributed by atoms with Crippen LogP contribution < -0.4 is 11.1 Å². The molecule has 0 aromatic heterocycles. The van der Waals surface area contributed by atoms with Crippen LogP contribution in [0.4, 0.5) is 24.5 Å². The molecule has 11 heteroatoms. The summed E-state index contributed by atoms with van der Waals surface area (Å²) in [5.41, 5.74) is 3.75. The summed E-state index contributed by atoms with van der Waals surface area (Å²) >= 11 is 0. The predicted octanol–water partition coefficient (Wildman–Crippen LogP) is 2.64. The summed E-state index contributed by atoms with van der Waals surface area (Å²) in [6, 6.07) is 2.26. The van der Waals surface area contributed by atoms with E-state index in [9.17, 15) is 28.1 Å². The zero-order valence-electron chi connectivity index (χ0n) is 13.8. The number of hydrogen-bond donors (Lipinski definition) is 2. The van der Waals surface area contributed by atoms with Crippen molar-refractivity contribution < 1.29 is 22.9 Å². The lowest BCUT2D eigenvalue weighted by Gasteiger charge is -2.16. The van der Waals surface area contributed by atoms with E-state index >= 15 is 0 Å². The molecule has 1 aliphatic heterocycles. The number of nitro groups is 1. The average molecular weight is 397 g/mol. The van der Waals surface area contributed by atoms with Gasteiger partial charge >= 0.3 is 6.18 Å². The number of nitrogens with two attached hydrogens (primary N) is 1.